The number of halogens is 2. The first-order valence-electron chi connectivity index (χ1n) is 11.5. The third-order valence-corrected chi connectivity index (χ3v) is 7.18. The minimum Gasteiger partial charge on any atom is -0.361 e. The van der Waals surface area contributed by atoms with Crippen LogP contribution in [0.15, 0.2) is 30.3 Å². The Morgan fingerprint density at radius 3 is 2.66 bits per heavy atom. The van der Waals surface area contributed by atoms with Gasteiger partial charge in [-0.2, -0.15) is 4.98 Å². The monoisotopic (exact) mass is 475 g/mol. The van der Waals surface area contributed by atoms with Crippen molar-refractivity contribution >= 4 is 40.7 Å². The lowest BCUT2D eigenvalue weighted by Crippen LogP contribution is -2.43. The van der Waals surface area contributed by atoms with Gasteiger partial charge in [0.1, 0.15) is 16.8 Å². The largest absolute Gasteiger partial charge is 0.361 e. The number of hydrogen-bond acceptors (Lipinski definition) is 4. The van der Waals surface area contributed by atoms with Gasteiger partial charge in [-0.25, -0.2) is 9.37 Å². The number of nitrogens with zero attached hydrogens (tertiary/aromatic N) is 3. The van der Waals surface area contributed by atoms with Crippen molar-refractivity contribution in [3.8, 4) is 0 Å². The summed E-state index contributed by atoms with van der Waals surface area (Å²) >= 11 is 11.9. The van der Waals surface area contributed by atoms with Crippen LogP contribution in [-0.4, -0.2) is 34.7 Å². The van der Waals surface area contributed by atoms with Gasteiger partial charge >= 0.3 is 0 Å². The molecule has 1 saturated heterocycles. The molecule has 2 aliphatic rings. The standard InChI is InChI=1S/C24H31ClFN5S/c1-17-6-5-13-31(15-17)21-14-20(25)28-22(29-21)30-23(32)27-16-24(11-3-2-4-12-24)18-7-9-19(26)10-8-18/h7-10,14,17H,2-6,11-13,15-16H2,1H3,(H2,27,28,29,30,32). The van der Waals surface area contributed by atoms with Crippen LogP contribution in [0.1, 0.15) is 57.4 Å². The maximum absolute atomic E-state index is 13.5. The minimum atomic E-state index is -0.207. The fourth-order valence-corrected chi connectivity index (χ4v) is 5.36. The van der Waals surface area contributed by atoms with Crippen LogP contribution in [-0.2, 0) is 5.41 Å². The van der Waals surface area contributed by atoms with E-state index < -0.39 is 0 Å². The van der Waals surface area contributed by atoms with E-state index in [0.717, 1.165) is 56.6 Å². The van der Waals surface area contributed by atoms with Crippen molar-refractivity contribution in [3.05, 3.63) is 46.9 Å². The van der Waals surface area contributed by atoms with E-state index in [0.29, 0.717) is 28.7 Å². The molecule has 1 atom stereocenters. The zero-order chi connectivity index (χ0) is 22.6. The first-order valence-corrected chi connectivity index (χ1v) is 12.3. The van der Waals surface area contributed by atoms with Gasteiger partial charge in [0.15, 0.2) is 5.11 Å². The number of aromatic nitrogens is 2. The van der Waals surface area contributed by atoms with Crippen LogP contribution in [0.2, 0.25) is 5.15 Å². The number of benzene rings is 1. The van der Waals surface area contributed by atoms with Crippen LogP contribution in [0.4, 0.5) is 16.2 Å². The Bertz CT molecular complexity index is 932. The maximum Gasteiger partial charge on any atom is 0.232 e. The molecule has 1 aliphatic carbocycles. The molecule has 1 saturated carbocycles. The highest BCUT2D eigenvalue weighted by Crippen LogP contribution is 2.39. The molecule has 2 fully saturated rings. The molecule has 4 rings (SSSR count). The fourth-order valence-electron chi connectivity index (χ4n) is 5.02. The molecule has 32 heavy (non-hydrogen) atoms. The lowest BCUT2D eigenvalue weighted by molar-refractivity contribution is 0.292. The number of piperidine rings is 1. The molecule has 2 aromatic rings. The van der Waals surface area contributed by atoms with E-state index in [2.05, 4.69) is 32.4 Å². The third kappa shape index (κ3) is 5.67. The number of hydrogen-bond donors (Lipinski definition) is 2. The van der Waals surface area contributed by atoms with Gasteiger partial charge in [-0.15, -0.1) is 0 Å². The van der Waals surface area contributed by atoms with Crippen molar-refractivity contribution in [2.24, 2.45) is 5.92 Å². The number of anilines is 2. The van der Waals surface area contributed by atoms with E-state index in [-0.39, 0.29) is 11.2 Å². The molecule has 1 unspecified atom stereocenters. The van der Waals surface area contributed by atoms with Gasteiger partial charge in [0.2, 0.25) is 5.95 Å². The summed E-state index contributed by atoms with van der Waals surface area (Å²) in [4.78, 5) is 11.2. The van der Waals surface area contributed by atoms with Crippen molar-refractivity contribution in [2.75, 3.05) is 29.9 Å². The molecule has 8 heteroatoms. The van der Waals surface area contributed by atoms with Crippen LogP contribution in [0.3, 0.4) is 0 Å². The molecule has 2 N–H and O–H groups in total. The topological polar surface area (TPSA) is 53.1 Å². The molecule has 0 spiro atoms. The molecular formula is C24H31ClFN5S. The van der Waals surface area contributed by atoms with Gasteiger partial charge in [-0.3, -0.25) is 0 Å². The highest BCUT2D eigenvalue weighted by atomic mass is 35.5. The first kappa shape index (κ1) is 23.2. The smallest absolute Gasteiger partial charge is 0.232 e. The highest BCUT2D eigenvalue weighted by molar-refractivity contribution is 7.80. The van der Waals surface area contributed by atoms with Gasteiger partial charge in [0.05, 0.1) is 0 Å². The zero-order valence-corrected chi connectivity index (χ0v) is 20.1. The minimum absolute atomic E-state index is 0.0536. The summed E-state index contributed by atoms with van der Waals surface area (Å²) in [6.07, 6.45) is 8.06. The number of rotatable bonds is 5. The summed E-state index contributed by atoms with van der Waals surface area (Å²) < 4.78 is 13.5. The summed E-state index contributed by atoms with van der Waals surface area (Å²) in [5.41, 5.74) is 1.11. The Morgan fingerprint density at radius 2 is 1.94 bits per heavy atom. The Morgan fingerprint density at radius 1 is 1.19 bits per heavy atom. The van der Waals surface area contributed by atoms with Crippen LogP contribution in [0.5, 0.6) is 0 Å². The summed E-state index contributed by atoms with van der Waals surface area (Å²) in [5.74, 6) is 1.66. The van der Waals surface area contributed by atoms with Gasteiger partial charge in [-0.1, -0.05) is 49.9 Å². The number of thiocarbonyl (C=S) groups is 1. The average molecular weight is 476 g/mol. The zero-order valence-electron chi connectivity index (χ0n) is 18.5. The molecule has 0 radical (unpaired) electrons. The third-order valence-electron chi connectivity index (χ3n) is 6.74. The maximum atomic E-state index is 13.5. The summed E-state index contributed by atoms with van der Waals surface area (Å²) in [5, 5.41) is 7.35. The van der Waals surface area contributed by atoms with Crippen molar-refractivity contribution in [1.82, 2.24) is 15.3 Å². The summed E-state index contributed by atoms with van der Waals surface area (Å²) in [7, 11) is 0. The molecule has 0 bridgehead atoms. The Balaban J connectivity index is 1.43. The predicted octanol–water partition coefficient (Wildman–Crippen LogP) is 5.69. The van der Waals surface area contributed by atoms with Crippen LogP contribution in [0.25, 0.3) is 0 Å². The second-order valence-corrected chi connectivity index (χ2v) is 10.0. The molecule has 1 aromatic carbocycles. The molecule has 5 nitrogen and oxygen atoms in total. The van der Waals surface area contributed by atoms with E-state index in [1.165, 1.54) is 12.8 Å². The second kappa shape index (κ2) is 10.3. The lowest BCUT2D eigenvalue weighted by atomic mass is 9.69. The van der Waals surface area contributed by atoms with Gasteiger partial charge < -0.3 is 15.5 Å². The van der Waals surface area contributed by atoms with E-state index in [1.807, 2.05) is 18.2 Å². The molecule has 0 amide bonds. The molecular weight excluding hydrogens is 445 g/mol. The summed E-state index contributed by atoms with van der Waals surface area (Å²) in [6, 6.07) is 8.72. The SMILES string of the molecule is CC1CCCN(c2cc(Cl)nc(NC(=S)NCC3(c4ccc(F)cc4)CCCCC3)n2)C1. The van der Waals surface area contributed by atoms with Gasteiger partial charge in [0.25, 0.3) is 0 Å². The Labute approximate surface area is 200 Å². The van der Waals surface area contributed by atoms with Crippen molar-refractivity contribution in [1.29, 1.82) is 0 Å². The van der Waals surface area contributed by atoms with Crippen molar-refractivity contribution in [3.63, 3.8) is 0 Å². The van der Waals surface area contributed by atoms with Crippen molar-refractivity contribution in [2.45, 2.75) is 57.3 Å². The van der Waals surface area contributed by atoms with Crippen LogP contribution >= 0.6 is 23.8 Å². The predicted molar refractivity (Wildman–Crippen MR) is 133 cm³/mol. The van der Waals surface area contributed by atoms with Gasteiger partial charge in [-0.05, 0) is 61.5 Å². The normalized spacial score (nSPS) is 20.6. The quantitative estimate of drug-likeness (QED) is 0.427. The first-order chi connectivity index (χ1) is 15.4. The van der Waals surface area contributed by atoms with Crippen LogP contribution in [0, 0.1) is 11.7 Å². The Kier molecular flexibility index (Phi) is 7.46. The molecule has 2 heterocycles. The average Bonchev–Trinajstić information content (AvgIpc) is 2.78. The van der Waals surface area contributed by atoms with E-state index in [9.17, 15) is 4.39 Å². The highest BCUT2D eigenvalue weighted by Gasteiger charge is 2.34. The van der Waals surface area contributed by atoms with Crippen LogP contribution < -0.4 is 15.5 Å². The van der Waals surface area contributed by atoms with E-state index in [1.54, 1.807) is 12.1 Å². The molecule has 172 valence electrons. The Hall–Kier alpha value is -1.99. The second-order valence-electron chi connectivity index (χ2n) is 9.22. The molecule has 1 aliphatic heterocycles. The fraction of sp³-hybridized carbons (Fsp3) is 0.542. The van der Waals surface area contributed by atoms with E-state index in [4.69, 9.17) is 23.8 Å². The van der Waals surface area contributed by atoms with Gasteiger partial charge in [0, 0.05) is 31.1 Å². The number of nitrogens with one attached hydrogen (secondary N) is 2. The van der Waals surface area contributed by atoms with Crippen molar-refractivity contribution < 1.29 is 4.39 Å². The van der Waals surface area contributed by atoms with E-state index >= 15 is 0 Å². The summed E-state index contributed by atoms with van der Waals surface area (Å²) in [6.45, 7) is 4.88. The molecule has 1 aromatic heterocycles. The lowest BCUT2D eigenvalue weighted by Gasteiger charge is -2.38.